The fraction of sp³-hybridized carbons (Fsp3) is 0.273. The van der Waals surface area contributed by atoms with Gasteiger partial charge in [-0.25, -0.2) is 0 Å². The Morgan fingerprint density at radius 3 is 2.85 bits per heavy atom. The van der Waals surface area contributed by atoms with E-state index in [2.05, 4.69) is 76.2 Å². The Balaban J connectivity index is 1.69. The van der Waals surface area contributed by atoms with Gasteiger partial charge in [-0.2, -0.15) is 0 Å². The Kier molecular flexibility index (Phi) is 4.94. The fourth-order valence-electron chi connectivity index (χ4n) is 3.87. The fourth-order valence-corrected chi connectivity index (χ4v) is 4.17. The van der Waals surface area contributed by atoms with E-state index in [9.17, 15) is 0 Å². The van der Waals surface area contributed by atoms with E-state index >= 15 is 0 Å². The predicted molar refractivity (Wildman–Crippen MR) is 114 cm³/mol. The zero-order chi connectivity index (χ0) is 18.8. The highest BCUT2D eigenvalue weighted by Gasteiger charge is 2.30. The van der Waals surface area contributed by atoms with Gasteiger partial charge >= 0.3 is 0 Å². The maximum Gasteiger partial charge on any atom is 0.174 e. The molecule has 1 aliphatic heterocycles. The first-order chi connectivity index (χ1) is 13.2. The molecule has 0 radical (unpaired) electrons. The number of hydrogen-bond acceptors (Lipinski definition) is 2. The first-order valence-corrected chi connectivity index (χ1v) is 9.81. The predicted octanol–water partition coefficient (Wildman–Crippen LogP) is 4.56. The van der Waals surface area contributed by atoms with Crippen LogP contribution >= 0.6 is 12.2 Å². The number of nitrogens with zero attached hydrogens (tertiary/aromatic N) is 3. The van der Waals surface area contributed by atoms with Gasteiger partial charge < -0.3 is 14.8 Å². The maximum absolute atomic E-state index is 5.89. The lowest BCUT2D eigenvalue weighted by Crippen LogP contribution is -2.44. The lowest BCUT2D eigenvalue weighted by molar-refractivity contribution is 0.293. The van der Waals surface area contributed by atoms with E-state index in [4.69, 9.17) is 12.2 Å². The standard InChI is InChI=1S/C22H24N4S/c1-3-17-8-4-7-16(2)20(17)24-22(27)26-14-13-25-12-6-10-19(25)21(26)18-9-5-11-23-15-18/h4-12,15,21H,3,13-14H2,1-2H3,(H,24,27)/t21-/m0/s1. The molecular weight excluding hydrogens is 352 g/mol. The van der Waals surface area contributed by atoms with Crippen LogP contribution in [0, 0.1) is 6.92 Å². The number of hydrogen-bond donors (Lipinski definition) is 1. The third kappa shape index (κ3) is 3.35. The topological polar surface area (TPSA) is 33.1 Å². The summed E-state index contributed by atoms with van der Waals surface area (Å²) in [6.45, 7) is 6.09. The average Bonchev–Trinajstić information content (AvgIpc) is 3.18. The number of fused-ring (bicyclic) bond motifs is 1. The average molecular weight is 377 g/mol. The number of pyridine rings is 1. The van der Waals surface area contributed by atoms with Crippen molar-refractivity contribution >= 4 is 23.0 Å². The van der Waals surface area contributed by atoms with E-state index in [1.807, 2.05) is 18.5 Å². The highest BCUT2D eigenvalue weighted by atomic mass is 32.1. The SMILES string of the molecule is CCc1cccc(C)c1NC(=S)N1CCn2cccc2[C@@H]1c1cccnc1. The van der Waals surface area contributed by atoms with Gasteiger partial charge in [0.15, 0.2) is 5.11 Å². The molecule has 4 nitrogen and oxygen atoms in total. The molecule has 0 aliphatic carbocycles. The summed E-state index contributed by atoms with van der Waals surface area (Å²) in [5.41, 5.74) is 6.04. The van der Waals surface area contributed by atoms with Gasteiger partial charge in [0, 0.05) is 43.1 Å². The highest BCUT2D eigenvalue weighted by molar-refractivity contribution is 7.80. The monoisotopic (exact) mass is 376 g/mol. The first kappa shape index (κ1) is 17.7. The third-order valence-corrected chi connectivity index (χ3v) is 5.61. The van der Waals surface area contributed by atoms with Crippen molar-refractivity contribution in [1.29, 1.82) is 0 Å². The molecule has 0 unspecified atom stereocenters. The Morgan fingerprint density at radius 2 is 2.07 bits per heavy atom. The van der Waals surface area contributed by atoms with Gasteiger partial charge in [0.05, 0.1) is 6.04 Å². The van der Waals surface area contributed by atoms with Gasteiger partial charge in [-0.15, -0.1) is 0 Å². The lowest BCUT2D eigenvalue weighted by atomic mass is 10.0. The van der Waals surface area contributed by atoms with Crippen molar-refractivity contribution in [2.45, 2.75) is 32.9 Å². The lowest BCUT2D eigenvalue weighted by Gasteiger charge is -2.39. The van der Waals surface area contributed by atoms with E-state index in [0.717, 1.165) is 35.9 Å². The number of anilines is 1. The van der Waals surface area contributed by atoms with E-state index in [1.165, 1.54) is 16.8 Å². The van der Waals surface area contributed by atoms with E-state index in [-0.39, 0.29) is 6.04 Å². The maximum atomic E-state index is 5.89. The van der Waals surface area contributed by atoms with Gasteiger partial charge in [0.25, 0.3) is 0 Å². The molecule has 1 N–H and O–H groups in total. The van der Waals surface area contributed by atoms with E-state index in [1.54, 1.807) is 0 Å². The smallest absolute Gasteiger partial charge is 0.174 e. The van der Waals surface area contributed by atoms with Crippen LogP contribution < -0.4 is 5.32 Å². The Hall–Kier alpha value is -2.66. The normalized spacial score (nSPS) is 16.1. The summed E-state index contributed by atoms with van der Waals surface area (Å²) in [5.74, 6) is 0. The molecule has 4 rings (SSSR count). The van der Waals surface area contributed by atoms with Crippen molar-refractivity contribution < 1.29 is 0 Å². The van der Waals surface area contributed by atoms with Crippen molar-refractivity contribution in [3.8, 4) is 0 Å². The van der Waals surface area contributed by atoms with Crippen LogP contribution in [0.2, 0.25) is 0 Å². The van der Waals surface area contributed by atoms with Crippen molar-refractivity contribution in [1.82, 2.24) is 14.5 Å². The number of aryl methyl sites for hydroxylation is 2. The summed E-state index contributed by atoms with van der Waals surface area (Å²) >= 11 is 5.89. The Morgan fingerprint density at radius 1 is 1.19 bits per heavy atom. The van der Waals surface area contributed by atoms with Crippen LogP contribution in [-0.4, -0.2) is 26.1 Å². The van der Waals surface area contributed by atoms with Crippen molar-refractivity contribution in [2.24, 2.45) is 0 Å². The second-order valence-electron chi connectivity index (χ2n) is 6.90. The van der Waals surface area contributed by atoms with Gasteiger partial charge in [-0.3, -0.25) is 4.98 Å². The van der Waals surface area contributed by atoms with Crippen LogP contribution in [-0.2, 0) is 13.0 Å². The van der Waals surface area contributed by atoms with E-state index in [0.29, 0.717) is 0 Å². The van der Waals surface area contributed by atoms with Crippen LogP contribution in [0.15, 0.2) is 61.1 Å². The second-order valence-corrected chi connectivity index (χ2v) is 7.29. The van der Waals surface area contributed by atoms with Crippen LogP contribution in [0.25, 0.3) is 0 Å². The molecule has 2 aromatic heterocycles. The summed E-state index contributed by atoms with van der Waals surface area (Å²) < 4.78 is 2.31. The minimum absolute atomic E-state index is 0.0662. The van der Waals surface area contributed by atoms with Gasteiger partial charge in [0.2, 0.25) is 0 Å². The molecule has 0 saturated carbocycles. The number of nitrogens with one attached hydrogen (secondary N) is 1. The number of para-hydroxylation sites is 1. The molecule has 0 spiro atoms. The first-order valence-electron chi connectivity index (χ1n) is 9.40. The number of benzene rings is 1. The molecular formula is C22H24N4S. The van der Waals surface area contributed by atoms with Crippen LogP contribution in [0.4, 0.5) is 5.69 Å². The zero-order valence-corrected chi connectivity index (χ0v) is 16.5. The second kappa shape index (κ2) is 7.53. The molecule has 3 aromatic rings. The van der Waals surface area contributed by atoms with Crippen LogP contribution in [0.5, 0.6) is 0 Å². The molecule has 3 heterocycles. The summed E-state index contributed by atoms with van der Waals surface area (Å²) in [6.07, 6.45) is 6.87. The summed E-state index contributed by atoms with van der Waals surface area (Å²) in [6, 6.07) is 14.9. The van der Waals surface area contributed by atoms with Crippen molar-refractivity contribution in [3.05, 3.63) is 83.4 Å². The number of aromatic nitrogens is 2. The Bertz CT molecular complexity index is 948. The molecule has 0 fully saturated rings. The molecule has 1 atom stereocenters. The third-order valence-electron chi connectivity index (χ3n) is 5.27. The van der Waals surface area contributed by atoms with Gasteiger partial charge in [-0.1, -0.05) is 31.2 Å². The number of rotatable bonds is 3. The summed E-state index contributed by atoms with van der Waals surface area (Å²) in [7, 11) is 0. The molecule has 1 aliphatic rings. The Labute approximate surface area is 165 Å². The van der Waals surface area contributed by atoms with Crippen LogP contribution in [0.3, 0.4) is 0 Å². The molecule has 27 heavy (non-hydrogen) atoms. The molecule has 138 valence electrons. The number of thiocarbonyl (C=S) groups is 1. The van der Waals surface area contributed by atoms with Gasteiger partial charge in [0.1, 0.15) is 0 Å². The molecule has 5 heteroatoms. The van der Waals surface area contributed by atoms with Crippen molar-refractivity contribution in [3.63, 3.8) is 0 Å². The largest absolute Gasteiger partial charge is 0.348 e. The van der Waals surface area contributed by atoms with E-state index < -0.39 is 0 Å². The minimum Gasteiger partial charge on any atom is -0.348 e. The summed E-state index contributed by atoms with van der Waals surface area (Å²) in [4.78, 5) is 6.62. The minimum atomic E-state index is 0.0662. The highest BCUT2D eigenvalue weighted by Crippen LogP contribution is 2.33. The van der Waals surface area contributed by atoms with Crippen LogP contribution in [0.1, 0.15) is 35.3 Å². The zero-order valence-electron chi connectivity index (χ0n) is 15.7. The molecule has 0 saturated heterocycles. The van der Waals surface area contributed by atoms with Crippen molar-refractivity contribution in [2.75, 3.05) is 11.9 Å². The molecule has 0 bridgehead atoms. The molecule has 0 amide bonds. The quantitative estimate of drug-likeness (QED) is 0.680. The summed E-state index contributed by atoms with van der Waals surface area (Å²) in [5, 5.41) is 4.31. The molecule has 1 aromatic carbocycles. The van der Waals surface area contributed by atoms with Gasteiger partial charge in [-0.05, 0) is 60.5 Å².